The van der Waals surface area contributed by atoms with Gasteiger partial charge < -0.3 is 5.32 Å². The Hall–Kier alpha value is -2.17. The van der Waals surface area contributed by atoms with Gasteiger partial charge in [0.2, 0.25) is 5.91 Å². The van der Waals surface area contributed by atoms with E-state index in [0.29, 0.717) is 24.4 Å². The van der Waals surface area contributed by atoms with Gasteiger partial charge in [-0.2, -0.15) is 0 Å². The molecule has 24 heavy (non-hydrogen) atoms. The second-order valence-electron chi connectivity index (χ2n) is 5.42. The number of nitrogens with one attached hydrogen (secondary N) is 1. The summed E-state index contributed by atoms with van der Waals surface area (Å²) in [6.45, 7) is 0.456. The van der Waals surface area contributed by atoms with Gasteiger partial charge in [-0.15, -0.1) is 11.3 Å². The number of aromatic nitrogens is 1. The summed E-state index contributed by atoms with van der Waals surface area (Å²) in [5.74, 6) is 0.0178. The van der Waals surface area contributed by atoms with Crippen LogP contribution in [-0.4, -0.2) is 10.9 Å². The minimum Gasteiger partial charge on any atom is -0.350 e. The molecule has 0 fully saturated rings. The molecule has 0 saturated heterocycles. The monoisotopic (exact) mass is 356 g/mol. The molecule has 122 valence electrons. The first-order valence-corrected chi connectivity index (χ1v) is 8.97. The molecular formula is C19H17ClN2OS. The van der Waals surface area contributed by atoms with Gasteiger partial charge in [-0.05, 0) is 24.1 Å². The van der Waals surface area contributed by atoms with Crippen LogP contribution in [0.5, 0.6) is 0 Å². The van der Waals surface area contributed by atoms with Crippen LogP contribution in [0.1, 0.15) is 17.7 Å². The Kier molecular flexibility index (Phi) is 5.62. The Morgan fingerprint density at radius 2 is 1.96 bits per heavy atom. The highest BCUT2D eigenvalue weighted by molar-refractivity contribution is 7.13. The predicted octanol–water partition coefficient (Wildman–Crippen LogP) is 4.71. The molecule has 0 aliphatic rings. The molecule has 0 unspecified atom stereocenters. The molecule has 1 amide bonds. The number of benzene rings is 2. The Labute approximate surface area is 150 Å². The van der Waals surface area contributed by atoms with Gasteiger partial charge in [0, 0.05) is 22.4 Å². The lowest BCUT2D eigenvalue weighted by Crippen LogP contribution is -2.23. The number of nitrogens with zero attached hydrogens (tertiary/aromatic N) is 1. The third-order valence-electron chi connectivity index (χ3n) is 3.57. The maximum atomic E-state index is 12.0. The number of halogens is 1. The fraction of sp³-hybridized carbons (Fsp3) is 0.158. The van der Waals surface area contributed by atoms with Crippen molar-refractivity contribution in [1.29, 1.82) is 0 Å². The topological polar surface area (TPSA) is 42.0 Å². The smallest absolute Gasteiger partial charge is 0.220 e. The van der Waals surface area contributed by atoms with E-state index in [1.54, 1.807) is 11.3 Å². The zero-order valence-corrected chi connectivity index (χ0v) is 14.6. The molecule has 5 heteroatoms. The first-order chi connectivity index (χ1) is 11.7. The van der Waals surface area contributed by atoms with Crippen molar-refractivity contribution in [2.75, 3.05) is 0 Å². The molecule has 1 aromatic heterocycles. The van der Waals surface area contributed by atoms with Gasteiger partial charge >= 0.3 is 0 Å². The molecule has 0 spiro atoms. The Bertz CT molecular complexity index is 817. The van der Waals surface area contributed by atoms with Crippen LogP contribution in [0.4, 0.5) is 0 Å². The van der Waals surface area contributed by atoms with E-state index in [0.717, 1.165) is 21.8 Å². The summed E-state index contributed by atoms with van der Waals surface area (Å²) >= 11 is 7.54. The zero-order valence-electron chi connectivity index (χ0n) is 13.0. The lowest BCUT2D eigenvalue weighted by Gasteiger charge is -2.04. The average molecular weight is 357 g/mol. The summed E-state index contributed by atoms with van der Waals surface area (Å²) in [7, 11) is 0. The fourth-order valence-electron chi connectivity index (χ4n) is 2.33. The number of aryl methyl sites for hydroxylation is 1. The van der Waals surface area contributed by atoms with Gasteiger partial charge in [0.15, 0.2) is 0 Å². The third-order valence-corrected chi connectivity index (χ3v) is 4.74. The molecule has 3 aromatic rings. The molecule has 3 nitrogen and oxygen atoms in total. The zero-order chi connectivity index (χ0) is 16.8. The van der Waals surface area contributed by atoms with E-state index in [9.17, 15) is 4.79 Å². The molecule has 0 aliphatic carbocycles. The summed E-state index contributed by atoms with van der Waals surface area (Å²) in [5, 5.41) is 6.58. The molecule has 1 heterocycles. The van der Waals surface area contributed by atoms with E-state index in [2.05, 4.69) is 10.3 Å². The second kappa shape index (κ2) is 8.08. The number of rotatable bonds is 6. The van der Waals surface area contributed by atoms with Crippen molar-refractivity contribution in [3.05, 3.63) is 76.3 Å². The minimum absolute atomic E-state index is 0.0178. The number of hydrogen-bond donors (Lipinski definition) is 1. The van der Waals surface area contributed by atoms with Crippen LogP contribution in [-0.2, 0) is 17.8 Å². The third kappa shape index (κ3) is 4.66. The van der Waals surface area contributed by atoms with Gasteiger partial charge in [-0.25, -0.2) is 4.98 Å². The van der Waals surface area contributed by atoms with Crippen molar-refractivity contribution >= 4 is 28.8 Å². The van der Waals surface area contributed by atoms with Gasteiger partial charge in [-0.3, -0.25) is 4.79 Å². The van der Waals surface area contributed by atoms with E-state index < -0.39 is 0 Å². The summed E-state index contributed by atoms with van der Waals surface area (Å²) < 4.78 is 0. The van der Waals surface area contributed by atoms with Crippen LogP contribution in [0.25, 0.3) is 10.6 Å². The van der Waals surface area contributed by atoms with Crippen LogP contribution < -0.4 is 5.32 Å². The van der Waals surface area contributed by atoms with Crippen LogP contribution in [0.15, 0.2) is 60.0 Å². The van der Waals surface area contributed by atoms with E-state index in [4.69, 9.17) is 11.6 Å². The van der Waals surface area contributed by atoms with E-state index in [-0.39, 0.29) is 5.91 Å². The minimum atomic E-state index is 0.0178. The van der Waals surface area contributed by atoms with Gasteiger partial charge in [0.25, 0.3) is 0 Å². The molecule has 2 aromatic carbocycles. The summed E-state index contributed by atoms with van der Waals surface area (Å²) in [6.07, 6.45) is 1.12. The molecule has 0 radical (unpaired) electrons. The first-order valence-electron chi connectivity index (χ1n) is 7.72. The van der Waals surface area contributed by atoms with Crippen LogP contribution in [0, 0.1) is 0 Å². The van der Waals surface area contributed by atoms with Crippen LogP contribution >= 0.6 is 22.9 Å². The SMILES string of the molecule is O=C(CCc1cccc(Cl)c1)NCc1csc(-c2ccccc2)n1. The van der Waals surface area contributed by atoms with Crippen molar-refractivity contribution in [3.63, 3.8) is 0 Å². The summed E-state index contributed by atoms with van der Waals surface area (Å²) in [4.78, 5) is 16.6. The number of amides is 1. The van der Waals surface area contributed by atoms with E-state index >= 15 is 0 Å². The number of hydrogen-bond acceptors (Lipinski definition) is 3. The molecule has 0 atom stereocenters. The van der Waals surface area contributed by atoms with Crippen molar-refractivity contribution in [1.82, 2.24) is 10.3 Å². The molecule has 0 saturated carbocycles. The Morgan fingerprint density at radius 3 is 2.75 bits per heavy atom. The Balaban J connectivity index is 1.49. The predicted molar refractivity (Wildman–Crippen MR) is 99.2 cm³/mol. The summed E-state index contributed by atoms with van der Waals surface area (Å²) in [5.41, 5.74) is 3.05. The quantitative estimate of drug-likeness (QED) is 0.694. The van der Waals surface area contributed by atoms with Crippen LogP contribution in [0.2, 0.25) is 5.02 Å². The standard InChI is InChI=1S/C19H17ClN2OS/c20-16-8-4-5-14(11-16)9-10-18(23)21-12-17-13-24-19(22-17)15-6-2-1-3-7-15/h1-8,11,13H,9-10,12H2,(H,21,23). The molecule has 0 aliphatic heterocycles. The molecule has 3 rings (SSSR count). The lowest BCUT2D eigenvalue weighted by atomic mass is 10.1. The van der Waals surface area contributed by atoms with Gasteiger partial charge in [0.05, 0.1) is 12.2 Å². The van der Waals surface area contributed by atoms with Crippen molar-refractivity contribution in [3.8, 4) is 10.6 Å². The first kappa shape index (κ1) is 16.7. The molecule has 0 bridgehead atoms. The van der Waals surface area contributed by atoms with Crippen molar-refractivity contribution in [2.24, 2.45) is 0 Å². The highest BCUT2D eigenvalue weighted by Crippen LogP contribution is 2.23. The molecular weight excluding hydrogens is 340 g/mol. The highest BCUT2D eigenvalue weighted by atomic mass is 35.5. The number of thiazole rings is 1. The maximum Gasteiger partial charge on any atom is 0.220 e. The summed E-state index contributed by atoms with van der Waals surface area (Å²) in [6, 6.07) is 17.6. The van der Waals surface area contributed by atoms with E-state index in [1.165, 1.54) is 0 Å². The highest BCUT2D eigenvalue weighted by Gasteiger charge is 2.07. The number of carbonyl (C=O) groups excluding carboxylic acids is 1. The average Bonchev–Trinajstić information content (AvgIpc) is 3.08. The number of carbonyl (C=O) groups is 1. The molecule has 1 N–H and O–H groups in total. The van der Waals surface area contributed by atoms with Gasteiger partial charge in [0.1, 0.15) is 5.01 Å². The van der Waals surface area contributed by atoms with Crippen molar-refractivity contribution < 1.29 is 4.79 Å². The fourth-order valence-corrected chi connectivity index (χ4v) is 3.37. The van der Waals surface area contributed by atoms with Crippen LogP contribution in [0.3, 0.4) is 0 Å². The lowest BCUT2D eigenvalue weighted by molar-refractivity contribution is -0.121. The maximum absolute atomic E-state index is 12.0. The van der Waals surface area contributed by atoms with E-state index in [1.807, 2.05) is 60.0 Å². The normalized spacial score (nSPS) is 10.5. The second-order valence-corrected chi connectivity index (χ2v) is 6.71. The van der Waals surface area contributed by atoms with Gasteiger partial charge in [-0.1, -0.05) is 54.1 Å². The van der Waals surface area contributed by atoms with Crippen molar-refractivity contribution in [2.45, 2.75) is 19.4 Å². The Morgan fingerprint density at radius 1 is 1.12 bits per heavy atom. The largest absolute Gasteiger partial charge is 0.350 e.